The maximum Gasteiger partial charge on any atom is 0.231 e. The van der Waals surface area contributed by atoms with Crippen LogP contribution in [0.2, 0.25) is 0 Å². The smallest absolute Gasteiger partial charge is 0.231 e. The zero-order valence-electron chi connectivity index (χ0n) is 12.5. The Morgan fingerprint density at radius 3 is 3.04 bits per heavy atom. The average Bonchev–Trinajstić information content (AvgIpc) is 3.13. The average molecular weight is 331 g/mol. The summed E-state index contributed by atoms with van der Waals surface area (Å²) in [6.45, 7) is 2.99. The molecule has 1 amide bonds. The van der Waals surface area contributed by atoms with Crippen LogP contribution >= 0.6 is 11.3 Å². The van der Waals surface area contributed by atoms with Gasteiger partial charge < -0.3 is 20.1 Å². The van der Waals surface area contributed by atoms with E-state index in [-0.39, 0.29) is 12.7 Å². The standard InChI is InChI=1S/C16H17N3O3S/c20-15(18-7-10-5-17-6-10)4-12-8-23-16(19-12)11-1-2-13-14(3-11)22-9-21-13/h1-3,8,10,17H,4-7,9H2,(H,18,20). The summed E-state index contributed by atoms with van der Waals surface area (Å²) in [6.07, 6.45) is 0.321. The molecule has 3 heterocycles. The molecule has 0 aliphatic carbocycles. The monoisotopic (exact) mass is 331 g/mol. The van der Waals surface area contributed by atoms with Crippen LogP contribution in [-0.2, 0) is 11.2 Å². The summed E-state index contributed by atoms with van der Waals surface area (Å²) >= 11 is 1.53. The molecule has 2 N–H and O–H groups in total. The zero-order chi connectivity index (χ0) is 15.6. The highest BCUT2D eigenvalue weighted by Gasteiger charge is 2.18. The van der Waals surface area contributed by atoms with Crippen LogP contribution in [0.15, 0.2) is 23.6 Å². The van der Waals surface area contributed by atoms with Crippen molar-refractivity contribution in [3.8, 4) is 22.1 Å². The molecule has 0 radical (unpaired) electrons. The van der Waals surface area contributed by atoms with Crippen LogP contribution in [0.5, 0.6) is 11.5 Å². The minimum atomic E-state index is 0.0273. The van der Waals surface area contributed by atoms with E-state index in [1.165, 1.54) is 11.3 Å². The first-order valence-corrected chi connectivity index (χ1v) is 8.48. The highest BCUT2D eigenvalue weighted by molar-refractivity contribution is 7.13. The summed E-state index contributed by atoms with van der Waals surface area (Å²) in [4.78, 5) is 16.5. The molecule has 1 fully saturated rings. The van der Waals surface area contributed by atoms with E-state index in [2.05, 4.69) is 15.6 Å². The van der Waals surface area contributed by atoms with Crippen LogP contribution in [0.4, 0.5) is 0 Å². The number of hydrogen-bond donors (Lipinski definition) is 2. The van der Waals surface area contributed by atoms with E-state index in [1.807, 2.05) is 23.6 Å². The number of benzene rings is 1. The second kappa shape index (κ2) is 6.17. The number of aromatic nitrogens is 1. The van der Waals surface area contributed by atoms with Crippen LogP contribution in [0, 0.1) is 5.92 Å². The van der Waals surface area contributed by atoms with Gasteiger partial charge in [0, 0.05) is 36.5 Å². The van der Waals surface area contributed by atoms with Gasteiger partial charge in [0.1, 0.15) is 5.01 Å². The van der Waals surface area contributed by atoms with Crippen LogP contribution in [0.25, 0.3) is 10.6 Å². The van der Waals surface area contributed by atoms with Crippen LogP contribution in [-0.4, -0.2) is 37.3 Å². The molecule has 2 aliphatic heterocycles. The molecule has 7 heteroatoms. The molecule has 1 aromatic carbocycles. The summed E-state index contributed by atoms with van der Waals surface area (Å²) < 4.78 is 10.7. The first kappa shape index (κ1) is 14.5. The fraction of sp³-hybridized carbons (Fsp3) is 0.375. The first-order valence-electron chi connectivity index (χ1n) is 7.60. The predicted octanol–water partition coefficient (Wildman–Crippen LogP) is 1.42. The fourth-order valence-electron chi connectivity index (χ4n) is 2.53. The van der Waals surface area contributed by atoms with Gasteiger partial charge in [0.05, 0.1) is 12.1 Å². The van der Waals surface area contributed by atoms with Crippen molar-refractivity contribution in [1.29, 1.82) is 0 Å². The molecule has 0 atom stereocenters. The molecular weight excluding hydrogens is 314 g/mol. The number of nitrogens with zero attached hydrogens (tertiary/aromatic N) is 1. The lowest BCUT2D eigenvalue weighted by Gasteiger charge is -2.26. The third-order valence-electron chi connectivity index (χ3n) is 3.97. The van der Waals surface area contributed by atoms with Crippen molar-refractivity contribution in [3.63, 3.8) is 0 Å². The van der Waals surface area contributed by atoms with Gasteiger partial charge in [0.25, 0.3) is 0 Å². The van der Waals surface area contributed by atoms with Gasteiger partial charge in [0.2, 0.25) is 12.7 Å². The van der Waals surface area contributed by atoms with Crippen molar-refractivity contribution in [2.45, 2.75) is 6.42 Å². The molecule has 120 valence electrons. The van der Waals surface area contributed by atoms with E-state index in [9.17, 15) is 4.79 Å². The maximum absolute atomic E-state index is 12.0. The van der Waals surface area contributed by atoms with Crippen molar-refractivity contribution in [2.24, 2.45) is 5.92 Å². The van der Waals surface area contributed by atoms with Crippen molar-refractivity contribution in [2.75, 3.05) is 26.4 Å². The van der Waals surface area contributed by atoms with Crippen LogP contribution in [0.1, 0.15) is 5.69 Å². The van der Waals surface area contributed by atoms with E-state index in [0.717, 1.165) is 47.4 Å². The number of ether oxygens (including phenoxy) is 2. The summed E-state index contributed by atoms with van der Waals surface area (Å²) in [5.74, 6) is 2.10. The Labute approximate surface area is 137 Å². The third-order valence-corrected chi connectivity index (χ3v) is 4.91. The van der Waals surface area contributed by atoms with Gasteiger partial charge in [-0.05, 0) is 18.2 Å². The number of fused-ring (bicyclic) bond motifs is 1. The van der Waals surface area contributed by atoms with E-state index in [4.69, 9.17) is 9.47 Å². The van der Waals surface area contributed by atoms with E-state index in [0.29, 0.717) is 12.3 Å². The summed E-state index contributed by atoms with van der Waals surface area (Å²) in [6, 6.07) is 5.77. The maximum atomic E-state index is 12.0. The Bertz CT molecular complexity index is 727. The molecule has 2 aliphatic rings. The lowest BCUT2D eigenvalue weighted by atomic mass is 10.0. The second-order valence-electron chi connectivity index (χ2n) is 5.72. The number of carbonyl (C=O) groups excluding carboxylic acids is 1. The molecule has 0 unspecified atom stereocenters. The number of thiazole rings is 1. The number of hydrogen-bond acceptors (Lipinski definition) is 6. The second-order valence-corrected chi connectivity index (χ2v) is 6.58. The summed E-state index contributed by atoms with van der Waals surface area (Å²) in [5, 5.41) is 8.98. The Balaban J connectivity index is 1.39. The number of amides is 1. The molecule has 4 rings (SSSR count). The lowest BCUT2D eigenvalue weighted by molar-refractivity contribution is -0.120. The van der Waals surface area contributed by atoms with Gasteiger partial charge in [-0.15, -0.1) is 11.3 Å². The van der Waals surface area contributed by atoms with Gasteiger partial charge in [-0.1, -0.05) is 0 Å². The van der Waals surface area contributed by atoms with Crippen LogP contribution < -0.4 is 20.1 Å². The van der Waals surface area contributed by atoms with Crippen molar-refractivity contribution in [1.82, 2.24) is 15.6 Å². The third kappa shape index (κ3) is 3.16. The Hall–Kier alpha value is -2.12. The van der Waals surface area contributed by atoms with E-state index < -0.39 is 0 Å². The highest BCUT2D eigenvalue weighted by Crippen LogP contribution is 2.36. The van der Waals surface area contributed by atoms with Gasteiger partial charge in [-0.2, -0.15) is 0 Å². The molecule has 0 bridgehead atoms. The molecule has 0 spiro atoms. The topological polar surface area (TPSA) is 72.5 Å². The normalized spacial score (nSPS) is 16.2. The molecule has 23 heavy (non-hydrogen) atoms. The van der Waals surface area contributed by atoms with Crippen molar-refractivity contribution >= 4 is 17.2 Å². The minimum Gasteiger partial charge on any atom is -0.454 e. The molecule has 2 aromatic rings. The van der Waals surface area contributed by atoms with Gasteiger partial charge in [0.15, 0.2) is 11.5 Å². The Kier molecular flexibility index (Phi) is 3.88. The first-order chi connectivity index (χ1) is 11.3. The lowest BCUT2D eigenvalue weighted by Crippen LogP contribution is -2.48. The summed E-state index contributed by atoms with van der Waals surface area (Å²) in [5.41, 5.74) is 1.78. The zero-order valence-corrected chi connectivity index (χ0v) is 13.3. The van der Waals surface area contributed by atoms with Crippen LogP contribution in [0.3, 0.4) is 0 Å². The largest absolute Gasteiger partial charge is 0.454 e. The Morgan fingerprint density at radius 2 is 2.22 bits per heavy atom. The van der Waals surface area contributed by atoms with Crippen molar-refractivity contribution in [3.05, 3.63) is 29.3 Å². The number of nitrogens with one attached hydrogen (secondary N) is 2. The van der Waals surface area contributed by atoms with Gasteiger partial charge in [-0.25, -0.2) is 4.98 Å². The Morgan fingerprint density at radius 1 is 1.35 bits per heavy atom. The fourth-order valence-corrected chi connectivity index (χ4v) is 3.35. The quantitative estimate of drug-likeness (QED) is 0.867. The van der Waals surface area contributed by atoms with Gasteiger partial charge in [-0.3, -0.25) is 4.79 Å². The number of rotatable bonds is 5. The number of carbonyl (C=O) groups is 1. The minimum absolute atomic E-state index is 0.0273. The predicted molar refractivity (Wildman–Crippen MR) is 86.7 cm³/mol. The molecular formula is C16H17N3O3S. The highest BCUT2D eigenvalue weighted by atomic mass is 32.1. The molecule has 6 nitrogen and oxygen atoms in total. The van der Waals surface area contributed by atoms with Crippen molar-refractivity contribution < 1.29 is 14.3 Å². The molecule has 1 saturated heterocycles. The summed E-state index contributed by atoms with van der Waals surface area (Å²) in [7, 11) is 0. The SMILES string of the molecule is O=C(Cc1csc(-c2ccc3c(c2)OCO3)n1)NCC1CNC1. The molecule has 1 aromatic heterocycles. The van der Waals surface area contributed by atoms with Gasteiger partial charge >= 0.3 is 0 Å². The van der Waals surface area contributed by atoms with E-state index in [1.54, 1.807) is 0 Å². The van der Waals surface area contributed by atoms with E-state index >= 15 is 0 Å². The molecule has 0 saturated carbocycles.